The number of aryl methyl sites for hydroxylation is 1. The van der Waals surface area contributed by atoms with Crippen molar-refractivity contribution in [3.63, 3.8) is 0 Å². The highest BCUT2D eigenvalue weighted by Gasteiger charge is 2.11. The predicted octanol–water partition coefficient (Wildman–Crippen LogP) is 2.35. The van der Waals surface area contributed by atoms with Crippen LogP contribution in [-0.2, 0) is 6.54 Å². The Morgan fingerprint density at radius 2 is 2.31 bits per heavy atom. The Balaban J connectivity index is 1.39. The van der Waals surface area contributed by atoms with Gasteiger partial charge in [0.2, 0.25) is 0 Å². The zero-order valence-corrected chi connectivity index (χ0v) is 14.7. The van der Waals surface area contributed by atoms with E-state index < -0.39 is 0 Å². The third-order valence-corrected chi connectivity index (χ3v) is 4.53. The maximum atomic E-state index is 12.3. The van der Waals surface area contributed by atoms with Gasteiger partial charge in [0.25, 0.3) is 5.91 Å². The molecular weight excluding hydrogens is 350 g/mol. The third kappa shape index (κ3) is 3.38. The van der Waals surface area contributed by atoms with Crippen LogP contribution in [0, 0.1) is 6.92 Å². The number of aromatic amines is 1. The van der Waals surface area contributed by atoms with Crippen LogP contribution in [0.15, 0.2) is 48.6 Å². The number of hydrogen-bond acceptors (Lipinski definition) is 6. The van der Waals surface area contributed by atoms with Crippen LogP contribution in [0.1, 0.15) is 21.1 Å². The Hall–Kier alpha value is -3.33. The van der Waals surface area contributed by atoms with Crippen molar-refractivity contribution in [2.75, 3.05) is 0 Å². The summed E-state index contributed by atoms with van der Waals surface area (Å²) in [7, 11) is 0. The average molecular weight is 365 g/mol. The molecule has 130 valence electrons. The first-order valence-electron chi connectivity index (χ1n) is 7.88. The second-order valence-electron chi connectivity index (χ2n) is 5.60. The summed E-state index contributed by atoms with van der Waals surface area (Å²) in [6.07, 6.45) is 6.52. The van der Waals surface area contributed by atoms with E-state index in [9.17, 15) is 4.79 Å². The fourth-order valence-corrected chi connectivity index (χ4v) is 3.05. The maximum absolute atomic E-state index is 12.3. The Morgan fingerprint density at radius 1 is 1.38 bits per heavy atom. The van der Waals surface area contributed by atoms with Gasteiger partial charge in [-0.25, -0.2) is 19.6 Å². The van der Waals surface area contributed by atoms with Gasteiger partial charge in [-0.05, 0) is 24.6 Å². The monoisotopic (exact) mass is 365 g/mol. The largest absolute Gasteiger partial charge is 0.357 e. The van der Waals surface area contributed by atoms with E-state index in [2.05, 4.69) is 30.4 Å². The summed E-state index contributed by atoms with van der Waals surface area (Å²) in [5.41, 5.74) is 3.16. The number of H-pyrrole nitrogens is 1. The average Bonchev–Trinajstić information content (AvgIpc) is 3.41. The molecule has 0 aliphatic carbocycles. The summed E-state index contributed by atoms with van der Waals surface area (Å²) in [5, 5.41) is 9.87. The topological polar surface area (TPSA) is 101 Å². The van der Waals surface area contributed by atoms with E-state index >= 15 is 0 Å². The SMILES string of the molecule is Cc1nc(-c2c[nH]c(C(=O)NCc3ccc(-n4cncn4)nc3)c2)cs1. The van der Waals surface area contributed by atoms with Crippen LogP contribution in [-0.4, -0.2) is 35.6 Å². The molecule has 0 unspecified atom stereocenters. The predicted molar refractivity (Wildman–Crippen MR) is 97.0 cm³/mol. The molecule has 0 atom stereocenters. The van der Waals surface area contributed by atoms with Crippen molar-refractivity contribution < 1.29 is 4.79 Å². The third-order valence-electron chi connectivity index (χ3n) is 3.76. The van der Waals surface area contributed by atoms with E-state index in [-0.39, 0.29) is 5.91 Å². The number of pyridine rings is 1. The lowest BCUT2D eigenvalue weighted by molar-refractivity contribution is 0.0946. The normalized spacial score (nSPS) is 10.8. The van der Waals surface area contributed by atoms with E-state index in [1.807, 2.05) is 24.4 Å². The summed E-state index contributed by atoms with van der Waals surface area (Å²) in [6, 6.07) is 5.52. The summed E-state index contributed by atoms with van der Waals surface area (Å²) in [6.45, 7) is 2.34. The molecule has 0 saturated heterocycles. The van der Waals surface area contributed by atoms with E-state index in [1.165, 1.54) is 6.33 Å². The van der Waals surface area contributed by atoms with E-state index in [4.69, 9.17) is 0 Å². The Morgan fingerprint density at radius 3 is 3.00 bits per heavy atom. The first kappa shape index (κ1) is 16.2. The molecule has 0 aliphatic heterocycles. The molecule has 0 spiro atoms. The van der Waals surface area contributed by atoms with Gasteiger partial charge < -0.3 is 10.3 Å². The molecule has 0 aliphatic rings. The highest BCUT2D eigenvalue weighted by molar-refractivity contribution is 7.09. The maximum Gasteiger partial charge on any atom is 0.267 e. The molecule has 4 rings (SSSR count). The summed E-state index contributed by atoms with van der Waals surface area (Å²) in [5.74, 6) is 0.494. The van der Waals surface area contributed by atoms with Crippen molar-refractivity contribution in [2.45, 2.75) is 13.5 Å². The lowest BCUT2D eigenvalue weighted by Crippen LogP contribution is -2.23. The van der Waals surface area contributed by atoms with Crippen LogP contribution >= 0.6 is 11.3 Å². The molecule has 0 aromatic carbocycles. The fourth-order valence-electron chi connectivity index (χ4n) is 2.43. The van der Waals surface area contributed by atoms with Crippen LogP contribution in [0.4, 0.5) is 0 Å². The van der Waals surface area contributed by atoms with Crippen molar-refractivity contribution in [2.24, 2.45) is 0 Å². The summed E-state index contributed by atoms with van der Waals surface area (Å²) >= 11 is 1.58. The zero-order valence-electron chi connectivity index (χ0n) is 13.9. The molecule has 4 heterocycles. The van der Waals surface area contributed by atoms with Gasteiger partial charge in [-0.3, -0.25) is 4.79 Å². The molecular formula is C17H15N7OS. The first-order chi connectivity index (χ1) is 12.7. The van der Waals surface area contributed by atoms with Gasteiger partial charge in [0.15, 0.2) is 5.82 Å². The lowest BCUT2D eigenvalue weighted by Gasteiger charge is -2.05. The Labute approximate surface area is 153 Å². The van der Waals surface area contributed by atoms with Gasteiger partial charge >= 0.3 is 0 Å². The number of thiazole rings is 1. The van der Waals surface area contributed by atoms with Gasteiger partial charge in [0.1, 0.15) is 18.3 Å². The van der Waals surface area contributed by atoms with Crippen molar-refractivity contribution in [3.05, 3.63) is 64.9 Å². The van der Waals surface area contributed by atoms with Gasteiger partial charge in [0.05, 0.1) is 10.7 Å². The highest BCUT2D eigenvalue weighted by Crippen LogP contribution is 2.22. The zero-order chi connectivity index (χ0) is 17.9. The van der Waals surface area contributed by atoms with Crippen molar-refractivity contribution in [1.29, 1.82) is 0 Å². The van der Waals surface area contributed by atoms with Crippen LogP contribution in [0.5, 0.6) is 0 Å². The lowest BCUT2D eigenvalue weighted by atomic mass is 10.2. The molecule has 8 nitrogen and oxygen atoms in total. The fraction of sp³-hybridized carbons (Fsp3) is 0.118. The van der Waals surface area contributed by atoms with E-state index in [0.717, 1.165) is 21.8 Å². The second kappa shape index (κ2) is 6.89. The van der Waals surface area contributed by atoms with Crippen molar-refractivity contribution in [3.8, 4) is 17.1 Å². The number of hydrogen-bond donors (Lipinski definition) is 2. The van der Waals surface area contributed by atoms with Crippen LogP contribution < -0.4 is 5.32 Å². The van der Waals surface area contributed by atoms with Crippen LogP contribution in [0.2, 0.25) is 0 Å². The highest BCUT2D eigenvalue weighted by atomic mass is 32.1. The minimum absolute atomic E-state index is 0.177. The van der Waals surface area contributed by atoms with E-state index in [1.54, 1.807) is 40.8 Å². The van der Waals surface area contributed by atoms with Gasteiger partial charge in [-0.15, -0.1) is 11.3 Å². The minimum atomic E-state index is -0.177. The molecule has 26 heavy (non-hydrogen) atoms. The summed E-state index contributed by atoms with van der Waals surface area (Å²) < 4.78 is 1.57. The van der Waals surface area contributed by atoms with Crippen LogP contribution in [0.25, 0.3) is 17.1 Å². The number of rotatable bonds is 5. The molecule has 2 N–H and O–H groups in total. The molecule has 4 aromatic heterocycles. The molecule has 1 amide bonds. The smallest absolute Gasteiger partial charge is 0.267 e. The quantitative estimate of drug-likeness (QED) is 0.565. The molecule has 0 radical (unpaired) electrons. The first-order valence-corrected chi connectivity index (χ1v) is 8.76. The number of nitrogens with one attached hydrogen (secondary N) is 2. The van der Waals surface area contributed by atoms with Gasteiger partial charge in [0, 0.05) is 29.9 Å². The van der Waals surface area contributed by atoms with E-state index in [0.29, 0.717) is 18.1 Å². The Kier molecular flexibility index (Phi) is 4.28. The second-order valence-corrected chi connectivity index (χ2v) is 6.66. The number of amides is 1. The number of nitrogens with zero attached hydrogens (tertiary/aromatic N) is 5. The molecule has 0 fully saturated rings. The summed E-state index contributed by atoms with van der Waals surface area (Å²) in [4.78, 5) is 27.9. The number of carbonyl (C=O) groups is 1. The molecule has 4 aromatic rings. The minimum Gasteiger partial charge on any atom is -0.357 e. The van der Waals surface area contributed by atoms with Gasteiger partial charge in [-0.2, -0.15) is 5.10 Å². The van der Waals surface area contributed by atoms with Crippen molar-refractivity contribution >= 4 is 17.2 Å². The van der Waals surface area contributed by atoms with Gasteiger partial charge in [-0.1, -0.05) is 6.07 Å². The van der Waals surface area contributed by atoms with Crippen molar-refractivity contribution in [1.82, 2.24) is 35.0 Å². The van der Waals surface area contributed by atoms with Crippen LogP contribution in [0.3, 0.4) is 0 Å². The molecule has 0 bridgehead atoms. The number of carbonyl (C=O) groups excluding carboxylic acids is 1. The number of aromatic nitrogens is 6. The molecule has 0 saturated carbocycles. The molecule has 9 heteroatoms. The standard InChI is InChI=1S/C17H15N7OS/c1-11-23-15(8-26-11)13-4-14(19-7-13)17(25)21-6-12-2-3-16(20-5-12)24-10-18-9-22-24/h2-5,7-10,19H,6H2,1H3,(H,21,25). The Bertz CT molecular complexity index is 1020.